The predicted octanol–water partition coefficient (Wildman–Crippen LogP) is 12.9. The van der Waals surface area contributed by atoms with Gasteiger partial charge in [-0.05, 0) is 80.6 Å². The van der Waals surface area contributed by atoms with Crippen molar-refractivity contribution < 1.29 is 0 Å². The zero-order valence-corrected chi connectivity index (χ0v) is 31.5. The molecule has 10 rings (SSSR count). The number of benzene rings is 7. The van der Waals surface area contributed by atoms with E-state index in [-0.39, 0.29) is 10.8 Å². The predicted molar refractivity (Wildman–Crippen MR) is 227 cm³/mol. The molecular weight excluding hydrogens is 669 g/mol. The number of nitrogens with zero attached hydrogens (tertiary/aromatic N) is 4. The van der Waals surface area contributed by atoms with Gasteiger partial charge in [0.1, 0.15) is 0 Å². The van der Waals surface area contributed by atoms with Crippen LogP contribution in [0.2, 0.25) is 0 Å². The van der Waals surface area contributed by atoms with Gasteiger partial charge in [-0.2, -0.15) is 0 Å². The number of hydrogen-bond acceptors (Lipinski definition) is 3. The number of aromatic nitrogens is 4. The van der Waals surface area contributed by atoms with Gasteiger partial charge in [-0.3, -0.25) is 0 Å². The van der Waals surface area contributed by atoms with E-state index >= 15 is 0 Å². The van der Waals surface area contributed by atoms with Gasteiger partial charge in [0.25, 0.3) is 0 Å². The van der Waals surface area contributed by atoms with Gasteiger partial charge < -0.3 is 4.57 Å². The van der Waals surface area contributed by atoms with E-state index in [1.165, 1.54) is 44.1 Å². The minimum absolute atomic E-state index is 0.0398. The third kappa shape index (κ3) is 5.24. The van der Waals surface area contributed by atoms with Crippen molar-refractivity contribution in [2.45, 2.75) is 38.5 Å². The van der Waals surface area contributed by atoms with E-state index < -0.39 is 0 Å². The van der Waals surface area contributed by atoms with E-state index in [4.69, 9.17) is 15.0 Å². The first kappa shape index (κ1) is 33.0. The maximum atomic E-state index is 5.16. The van der Waals surface area contributed by atoms with E-state index in [0.717, 1.165) is 33.5 Å². The fourth-order valence-corrected chi connectivity index (χ4v) is 8.57. The molecule has 55 heavy (non-hydrogen) atoms. The minimum Gasteiger partial charge on any atom is -0.309 e. The second-order valence-electron chi connectivity index (χ2n) is 15.7. The molecule has 0 atom stereocenters. The van der Waals surface area contributed by atoms with E-state index in [1.807, 2.05) is 24.3 Å². The molecule has 4 nitrogen and oxygen atoms in total. The Hall–Kier alpha value is -6.65. The van der Waals surface area contributed by atoms with Crippen LogP contribution in [0.4, 0.5) is 0 Å². The van der Waals surface area contributed by atoms with Crippen LogP contribution >= 0.6 is 0 Å². The highest BCUT2D eigenvalue weighted by molar-refractivity contribution is 6.11. The van der Waals surface area contributed by atoms with Gasteiger partial charge in [-0.1, -0.05) is 161 Å². The summed E-state index contributed by atoms with van der Waals surface area (Å²) < 4.78 is 2.41. The van der Waals surface area contributed by atoms with Crippen molar-refractivity contribution in [3.63, 3.8) is 0 Å². The highest BCUT2D eigenvalue weighted by Crippen LogP contribution is 2.55. The van der Waals surface area contributed by atoms with Gasteiger partial charge in [-0.25, -0.2) is 15.0 Å². The zero-order chi connectivity index (χ0) is 37.3. The molecule has 7 aromatic carbocycles. The molecule has 4 heteroatoms. The summed E-state index contributed by atoms with van der Waals surface area (Å²) in [6.07, 6.45) is 0. The van der Waals surface area contributed by atoms with E-state index in [9.17, 15) is 0 Å². The Bertz CT molecular complexity index is 2920. The summed E-state index contributed by atoms with van der Waals surface area (Å²) in [4.78, 5) is 15.3. The van der Waals surface area contributed by atoms with Gasteiger partial charge in [0.05, 0.1) is 11.0 Å². The van der Waals surface area contributed by atoms with Crippen LogP contribution in [-0.4, -0.2) is 19.5 Å². The Kier molecular flexibility index (Phi) is 7.47. The van der Waals surface area contributed by atoms with Crippen LogP contribution in [0.1, 0.15) is 38.8 Å². The van der Waals surface area contributed by atoms with Crippen LogP contribution in [0.3, 0.4) is 0 Å². The summed E-state index contributed by atoms with van der Waals surface area (Å²) in [6.45, 7) is 9.59. The van der Waals surface area contributed by atoms with Gasteiger partial charge in [-0.15, -0.1) is 0 Å². The van der Waals surface area contributed by atoms with Crippen molar-refractivity contribution >= 4 is 21.8 Å². The third-order valence-electron chi connectivity index (χ3n) is 12.2. The van der Waals surface area contributed by atoms with Crippen molar-refractivity contribution in [2.24, 2.45) is 0 Å². The Labute approximate surface area is 321 Å². The van der Waals surface area contributed by atoms with Gasteiger partial charge >= 0.3 is 0 Å². The second kappa shape index (κ2) is 12.5. The van der Waals surface area contributed by atoms with Crippen LogP contribution in [0.5, 0.6) is 0 Å². The number of hydrogen-bond donors (Lipinski definition) is 0. The molecule has 0 bridgehead atoms. The van der Waals surface area contributed by atoms with E-state index in [1.54, 1.807) is 0 Å². The van der Waals surface area contributed by atoms with Crippen LogP contribution in [-0.2, 0) is 10.8 Å². The zero-order valence-electron chi connectivity index (χ0n) is 31.5. The maximum absolute atomic E-state index is 5.16. The van der Waals surface area contributed by atoms with Gasteiger partial charge in [0.2, 0.25) is 0 Å². The minimum atomic E-state index is -0.0819. The lowest BCUT2D eigenvalue weighted by atomic mass is 9.55. The molecule has 0 radical (unpaired) electrons. The molecule has 0 unspecified atom stereocenters. The Morgan fingerprint density at radius 3 is 1.65 bits per heavy atom. The normalized spacial score (nSPS) is 14.1. The first-order valence-electron chi connectivity index (χ1n) is 19.0. The Morgan fingerprint density at radius 1 is 0.364 bits per heavy atom. The molecule has 0 fully saturated rings. The lowest BCUT2D eigenvalue weighted by molar-refractivity contribution is 0.299. The lowest BCUT2D eigenvalue weighted by Gasteiger charge is -2.48. The molecule has 0 saturated heterocycles. The standard InChI is InChI=1S/C51H40N4/c1-50(2)43-27-13-11-25-39(43)41-32-46-42(31-44(41)51(50,3)4)40-26-12-14-28-45(40)55(46)38-24-16-23-37(30-38)49-53-47(34-19-9-6-10-20-34)52-48(54-49)36-22-15-21-35(29-36)33-17-7-5-8-18-33/h5-32H,1-4H3. The van der Waals surface area contributed by atoms with Crippen LogP contribution in [0.15, 0.2) is 170 Å². The summed E-state index contributed by atoms with van der Waals surface area (Å²) in [7, 11) is 0. The summed E-state index contributed by atoms with van der Waals surface area (Å²) in [6, 6.07) is 60.3. The highest BCUT2D eigenvalue weighted by atomic mass is 15.0. The molecule has 0 amide bonds. The summed E-state index contributed by atoms with van der Waals surface area (Å²) in [5.41, 5.74) is 13.8. The van der Waals surface area contributed by atoms with Crippen LogP contribution < -0.4 is 0 Å². The third-order valence-corrected chi connectivity index (χ3v) is 12.2. The van der Waals surface area contributed by atoms with Gasteiger partial charge in [0.15, 0.2) is 17.5 Å². The Morgan fingerprint density at radius 2 is 0.909 bits per heavy atom. The molecule has 1 aliphatic rings. The molecule has 9 aromatic rings. The molecule has 0 spiro atoms. The van der Waals surface area contributed by atoms with Crippen molar-refractivity contribution in [2.75, 3.05) is 0 Å². The molecule has 0 aliphatic heterocycles. The number of rotatable bonds is 5. The quantitative estimate of drug-likeness (QED) is 0.179. The summed E-state index contributed by atoms with van der Waals surface area (Å²) >= 11 is 0. The molecular formula is C51H40N4. The average Bonchev–Trinajstić information content (AvgIpc) is 3.56. The summed E-state index contributed by atoms with van der Waals surface area (Å²) in [5.74, 6) is 1.91. The fourth-order valence-electron chi connectivity index (χ4n) is 8.57. The molecule has 1 aliphatic carbocycles. The van der Waals surface area contributed by atoms with Crippen molar-refractivity contribution in [1.29, 1.82) is 0 Å². The monoisotopic (exact) mass is 708 g/mol. The molecule has 0 N–H and O–H groups in total. The van der Waals surface area contributed by atoms with Crippen molar-refractivity contribution in [3.05, 3.63) is 181 Å². The number of para-hydroxylation sites is 1. The van der Waals surface area contributed by atoms with Crippen molar-refractivity contribution in [3.8, 4) is 62.1 Å². The average molecular weight is 709 g/mol. The SMILES string of the molecule is CC1(C)c2ccccc2-c2cc3c(cc2C1(C)C)c1ccccc1n3-c1cccc(-c2nc(-c3ccccc3)nc(-c3cccc(-c4ccccc4)c3)n2)c1. The largest absolute Gasteiger partial charge is 0.309 e. The van der Waals surface area contributed by atoms with E-state index in [2.05, 4.69) is 178 Å². The molecule has 2 heterocycles. The molecule has 264 valence electrons. The van der Waals surface area contributed by atoms with Gasteiger partial charge in [0, 0.05) is 33.2 Å². The summed E-state index contributed by atoms with van der Waals surface area (Å²) in [5, 5.41) is 2.50. The Balaban J connectivity index is 1.17. The van der Waals surface area contributed by atoms with Crippen LogP contribution in [0.25, 0.3) is 83.9 Å². The highest BCUT2D eigenvalue weighted by Gasteiger charge is 2.46. The molecule has 2 aromatic heterocycles. The topological polar surface area (TPSA) is 43.6 Å². The smallest absolute Gasteiger partial charge is 0.164 e. The lowest BCUT2D eigenvalue weighted by Crippen LogP contribution is -2.43. The van der Waals surface area contributed by atoms with Crippen molar-refractivity contribution in [1.82, 2.24) is 19.5 Å². The fraction of sp³-hybridized carbons (Fsp3) is 0.118. The maximum Gasteiger partial charge on any atom is 0.164 e. The second-order valence-corrected chi connectivity index (χ2v) is 15.7. The first-order valence-corrected chi connectivity index (χ1v) is 19.0. The van der Waals surface area contributed by atoms with E-state index in [0.29, 0.717) is 17.5 Å². The van der Waals surface area contributed by atoms with Crippen LogP contribution in [0, 0.1) is 0 Å². The molecule has 0 saturated carbocycles. The number of fused-ring (bicyclic) bond motifs is 6. The first-order chi connectivity index (χ1) is 26.8.